The zero-order valence-electron chi connectivity index (χ0n) is 13.1. The fourth-order valence-electron chi connectivity index (χ4n) is 2.89. The van der Waals surface area contributed by atoms with Gasteiger partial charge in [-0.25, -0.2) is 9.07 Å². The van der Waals surface area contributed by atoms with Gasteiger partial charge < -0.3 is 5.32 Å². The smallest absolute Gasteiger partial charge is 0.236 e. The van der Waals surface area contributed by atoms with E-state index >= 15 is 0 Å². The molecule has 0 saturated heterocycles. The van der Waals surface area contributed by atoms with E-state index in [1.807, 2.05) is 0 Å². The van der Waals surface area contributed by atoms with Gasteiger partial charge in [0.2, 0.25) is 5.91 Å². The minimum atomic E-state index is -0.799. The van der Waals surface area contributed by atoms with E-state index in [9.17, 15) is 9.18 Å². The zero-order chi connectivity index (χ0) is 17.4. The minimum Gasteiger partial charge on any atom is -0.308 e. The maximum Gasteiger partial charge on any atom is 0.236 e. The van der Waals surface area contributed by atoms with Gasteiger partial charge in [0, 0.05) is 24.0 Å². The molecule has 2 heterocycles. The molecule has 126 valence electrons. The molecule has 0 unspecified atom stereocenters. The van der Waals surface area contributed by atoms with Gasteiger partial charge >= 0.3 is 0 Å². The molecule has 3 aromatic rings. The summed E-state index contributed by atoms with van der Waals surface area (Å²) in [6.07, 6.45) is 6.09. The normalized spacial score (nSPS) is 15.0. The van der Waals surface area contributed by atoms with E-state index in [-0.39, 0.29) is 11.7 Å². The summed E-state index contributed by atoms with van der Waals surface area (Å²) < 4.78 is 15.6. The first-order valence-corrected chi connectivity index (χ1v) is 8.19. The van der Waals surface area contributed by atoms with Crippen LogP contribution in [0.3, 0.4) is 0 Å². The Morgan fingerprint density at radius 2 is 2.04 bits per heavy atom. The molecule has 0 spiro atoms. The molecule has 1 aliphatic carbocycles. The Labute approximate surface area is 148 Å². The van der Waals surface area contributed by atoms with Crippen LogP contribution in [0, 0.1) is 5.82 Å². The van der Waals surface area contributed by atoms with Gasteiger partial charge in [-0.15, -0.1) is 0 Å². The van der Waals surface area contributed by atoms with Gasteiger partial charge in [-0.3, -0.25) is 9.78 Å². The molecule has 0 radical (unpaired) electrons. The van der Waals surface area contributed by atoms with Gasteiger partial charge in [-0.1, -0.05) is 29.8 Å². The molecule has 1 aliphatic rings. The van der Waals surface area contributed by atoms with Gasteiger partial charge in [0.1, 0.15) is 5.82 Å². The van der Waals surface area contributed by atoms with Crippen LogP contribution in [0.25, 0.3) is 5.69 Å². The minimum absolute atomic E-state index is 0.243. The molecular weight excluding hydrogens is 343 g/mol. The number of hydrogen-bond acceptors (Lipinski definition) is 3. The van der Waals surface area contributed by atoms with Crippen LogP contribution < -0.4 is 5.32 Å². The topological polar surface area (TPSA) is 59.8 Å². The Morgan fingerprint density at radius 1 is 1.24 bits per heavy atom. The lowest BCUT2D eigenvalue weighted by molar-refractivity contribution is -0.118. The Bertz CT molecular complexity index is 952. The molecule has 0 atom stereocenters. The van der Waals surface area contributed by atoms with Gasteiger partial charge in [0.25, 0.3) is 0 Å². The Morgan fingerprint density at radius 3 is 2.76 bits per heavy atom. The summed E-state index contributed by atoms with van der Waals surface area (Å²) in [6.45, 7) is 0. The van der Waals surface area contributed by atoms with Crippen molar-refractivity contribution >= 4 is 23.3 Å². The number of benzene rings is 1. The highest BCUT2D eigenvalue weighted by Crippen LogP contribution is 2.49. The van der Waals surface area contributed by atoms with E-state index < -0.39 is 5.41 Å². The second-order valence-electron chi connectivity index (χ2n) is 6.02. The number of amides is 1. The van der Waals surface area contributed by atoms with Crippen LogP contribution in [0.1, 0.15) is 18.4 Å². The largest absolute Gasteiger partial charge is 0.308 e. The number of aromatic nitrogens is 3. The monoisotopic (exact) mass is 356 g/mol. The molecule has 2 aromatic heterocycles. The van der Waals surface area contributed by atoms with E-state index in [0.717, 1.165) is 0 Å². The number of hydrogen-bond donors (Lipinski definition) is 1. The van der Waals surface area contributed by atoms with Crippen molar-refractivity contribution in [2.45, 2.75) is 18.3 Å². The molecule has 1 N–H and O–H groups in total. The molecule has 1 amide bonds. The molecule has 7 heteroatoms. The molecule has 0 bridgehead atoms. The second-order valence-corrected chi connectivity index (χ2v) is 6.46. The summed E-state index contributed by atoms with van der Waals surface area (Å²) in [7, 11) is 0. The summed E-state index contributed by atoms with van der Waals surface area (Å²) >= 11 is 5.93. The lowest BCUT2D eigenvalue weighted by Crippen LogP contribution is -2.29. The van der Waals surface area contributed by atoms with Crippen LogP contribution in [-0.2, 0) is 10.2 Å². The molecule has 1 saturated carbocycles. The molecule has 1 fully saturated rings. The van der Waals surface area contributed by atoms with Crippen molar-refractivity contribution < 1.29 is 9.18 Å². The highest BCUT2D eigenvalue weighted by Gasteiger charge is 2.52. The predicted octanol–water partition coefficient (Wildman–Crippen LogP) is 3.73. The lowest BCUT2D eigenvalue weighted by atomic mass is 9.94. The van der Waals surface area contributed by atoms with Crippen LogP contribution >= 0.6 is 11.6 Å². The van der Waals surface area contributed by atoms with Crippen LogP contribution in [0.2, 0.25) is 5.02 Å². The van der Waals surface area contributed by atoms with Crippen molar-refractivity contribution in [1.29, 1.82) is 0 Å². The fourth-order valence-corrected chi connectivity index (χ4v) is 3.06. The van der Waals surface area contributed by atoms with Crippen LogP contribution in [0.5, 0.6) is 0 Å². The van der Waals surface area contributed by atoms with E-state index in [1.165, 1.54) is 12.3 Å². The number of nitrogens with zero attached hydrogens (tertiary/aromatic N) is 3. The van der Waals surface area contributed by atoms with Gasteiger partial charge in [0.15, 0.2) is 5.82 Å². The van der Waals surface area contributed by atoms with E-state index in [2.05, 4.69) is 15.4 Å². The molecule has 1 aromatic carbocycles. The summed E-state index contributed by atoms with van der Waals surface area (Å²) in [4.78, 5) is 16.7. The SMILES string of the molecule is O=C(Nc1ccn(-c2cncc(Cl)c2)n1)C1(c2ccccc2F)CC1. The number of halogens is 2. The first-order valence-electron chi connectivity index (χ1n) is 7.82. The zero-order valence-corrected chi connectivity index (χ0v) is 13.9. The third-order valence-corrected chi connectivity index (χ3v) is 4.57. The number of pyridine rings is 1. The van der Waals surface area contributed by atoms with E-state index in [1.54, 1.807) is 47.4 Å². The maximum atomic E-state index is 14.1. The molecule has 25 heavy (non-hydrogen) atoms. The van der Waals surface area contributed by atoms with Crippen LogP contribution in [0.4, 0.5) is 10.2 Å². The molecular formula is C18H14ClFN4O. The van der Waals surface area contributed by atoms with Crippen molar-refractivity contribution in [3.8, 4) is 5.69 Å². The maximum absolute atomic E-state index is 14.1. The van der Waals surface area contributed by atoms with Gasteiger partial charge in [-0.05, 0) is 25.0 Å². The van der Waals surface area contributed by atoms with E-state index in [4.69, 9.17) is 11.6 Å². The second kappa shape index (κ2) is 5.97. The number of anilines is 1. The number of nitrogens with one attached hydrogen (secondary N) is 1. The van der Waals surface area contributed by atoms with Crippen molar-refractivity contribution in [3.05, 3.63) is 71.4 Å². The highest BCUT2D eigenvalue weighted by atomic mass is 35.5. The third kappa shape index (κ3) is 2.89. The number of carbonyl (C=O) groups excluding carboxylic acids is 1. The number of rotatable bonds is 4. The van der Waals surface area contributed by atoms with Crippen molar-refractivity contribution in [2.75, 3.05) is 5.32 Å². The summed E-state index contributed by atoms with van der Waals surface area (Å²) in [5.74, 6) is -0.203. The van der Waals surface area contributed by atoms with Gasteiger partial charge in [-0.2, -0.15) is 5.10 Å². The molecule has 0 aliphatic heterocycles. The fraction of sp³-hybridized carbons (Fsp3) is 0.167. The third-order valence-electron chi connectivity index (χ3n) is 4.36. The summed E-state index contributed by atoms with van der Waals surface area (Å²) in [6, 6.07) is 9.80. The van der Waals surface area contributed by atoms with E-state index in [0.29, 0.717) is 34.9 Å². The first-order chi connectivity index (χ1) is 12.1. The van der Waals surface area contributed by atoms with Crippen LogP contribution in [0.15, 0.2) is 55.0 Å². The Balaban J connectivity index is 1.55. The molecule has 4 rings (SSSR count). The first kappa shape index (κ1) is 15.8. The predicted molar refractivity (Wildman–Crippen MR) is 92.3 cm³/mol. The summed E-state index contributed by atoms with van der Waals surface area (Å²) in [5.41, 5.74) is 0.321. The standard InChI is InChI=1S/C18H14ClFN4O/c19-12-9-13(11-21-10-12)24-8-5-16(23-24)22-17(25)18(6-7-18)14-3-1-2-4-15(14)20/h1-5,8-11H,6-7H2,(H,22,23,25). The average molecular weight is 357 g/mol. The van der Waals surface area contributed by atoms with Crippen molar-refractivity contribution in [1.82, 2.24) is 14.8 Å². The van der Waals surface area contributed by atoms with Crippen molar-refractivity contribution in [2.24, 2.45) is 0 Å². The number of carbonyl (C=O) groups is 1. The quantitative estimate of drug-likeness (QED) is 0.774. The van der Waals surface area contributed by atoms with Crippen LogP contribution in [-0.4, -0.2) is 20.7 Å². The Hall–Kier alpha value is -2.73. The average Bonchev–Trinajstić information content (AvgIpc) is 3.28. The van der Waals surface area contributed by atoms with Gasteiger partial charge in [0.05, 0.1) is 22.3 Å². The summed E-state index contributed by atoms with van der Waals surface area (Å²) in [5, 5.41) is 7.59. The Kier molecular flexibility index (Phi) is 3.77. The lowest BCUT2D eigenvalue weighted by Gasteiger charge is -2.15. The molecule has 5 nitrogen and oxygen atoms in total. The highest BCUT2D eigenvalue weighted by molar-refractivity contribution is 6.30. The van der Waals surface area contributed by atoms with Crippen molar-refractivity contribution in [3.63, 3.8) is 0 Å².